The van der Waals surface area contributed by atoms with E-state index in [9.17, 15) is 4.79 Å². The first-order chi connectivity index (χ1) is 7.72. The van der Waals surface area contributed by atoms with Crippen molar-refractivity contribution >= 4 is 11.1 Å². The number of oxazole rings is 1. The van der Waals surface area contributed by atoms with Gasteiger partial charge in [-0.3, -0.25) is 4.57 Å². The number of nitriles is 1. The summed E-state index contributed by atoms with van der Waals surface area (Å²) in [6, 6.07) is 7.55. The van der Waals surface area contributed by atoms with E-state index in [0.717, 1.165) is 11.1 Å². The number of fused-ring (bicyclic) bond motifs is 1. The zero-order valence-corrected chi connectivity index (χ0v) is 8.86. The van der Waals surface area contributed by atoms with Gasteiger partial charge >= 0.3 is 5.76 Å². The van der Waals surface area contributed by atoms with Crippen LogP contribution in [0.4, 0.5) is 0 Å². The minimum absolute atomic E-state index is 0.302. The Morgan fingerprint density at radius 3 is 3.12 bits per heavy atom. The summed E-state index contributed by atoms with van der Waals surface area (Å²) in [5, 5.41) is 11.3. The molecule has 2 rings (SSSR count). The van der Waals surface area contributed by atoms with Gasteiger partial charge in [0.15, 0.2) is 5.58 Å². The first-order valence-corrected chi connectivity index (χ1v) is 4.88. The van der Waals surface area contributed by atoms with Crippen molar-refractivity contribution in [1.29, 1.82) is 5.26 Å². The summed E-state index contributed by atoms with van der Waals surface area (Å²) in [7, 11) is 1.67. The van der Waals surface area contributed by atoms with E-state index in [0.29, 0.717) is 18.7 Å². The fourth-order valence-corrected chi connectivity index (χ4v) is 1.55. The van der Waals surface area contributed by atoms with Crippen molar-refractivity contribution in [3.8, 4) is 6.07 Å². The van der Waals surface area contributed by atoms with Crippen LogP contribution >= 0.6 is 0 Å². The van der Waals surface area contributed by atoms with Crippen LogP contribution in [0.1, 0.15) is 5.56 Å². The molecule has 16 heavy (non-hydrogen) atoms. The number of nitrogens with one attached hydrogen (secondary N) is 1. The smallest absolute Gasteiger partial charge is 0.408 e. The Morgan fingerprint density at radius 2 is 2.38 bits per heavy atom. The summed E-state index contributed by atoms with van der Waals surface area (Å²) in [6.45, 7) is 0.888. The SMILES string of the molecule is Cn1c(=O)oc2cc(CNCC#N)ccc21. The third kappa shape index (κ3) is 1.83. The van der Waals surface area contributed by atoms with E-state index in [4.69, 9.17) is 9.68 Å². The standard InChI is InChI=1S/C11H11N3O2/c1-14-9-3-2-8(7-13-5-4-12)6-10(9)16-11(14)15/h2-3,6,13H,5,7H2,1H3. The number of hydrogen-bond donors (Lipinski definition) is 1. The molecule has 0 aliphatic carbocycles. The van der Waals surface area contributed by atoms with E-state index in [2.05, 4.69) is 5.32 Å². The number of aromatic nitrogens is 1. The Labute approximate surface area is 91.9 Å². The first kappa shape index (κ1) is 10.5. The average Bonchev–Trinajstić information content (AvgIpc) is 2.55. The second-order valence-corrected chi connectivity index (χ2v) is 3.49. The summed E-state index contributed by atoms with van der Waals surface area (Å²) < 4.78 is 6.52. The van der Waals surface area contributed by atoms with Crippen LogP contribution in [0.3, 0.4) is 0 Å². The molecule has 1 N–H and O–H groups in total. The molecule has 5 heteroatoms. The zero-order chi connectivity index (χ0) is 11.5. The lowest BCUT2D eigenvalue weighted by Gasteiger charge is -2.00. The van der Waals surface area contributed by atoms with E-state index in [-0.39, 0.29) is 5.76 Å². The fourth-order valence-electron chi connectivity index (χ4n) is 1.55. The fraction of sp³-hybridized carbons (Fsp3) is 0.273. The molecule has 1 aromatic heterocycles. The van der Waals surface area contributed by atoms with Crippen LogP contribution in [0, 0.1) is 11.3 Å². The van der Waals surface area contributed by atoms with Crippen molar-refractivity contribution in [2.75, 3.05) is 6.54 Å². The molecule has 5 nitrogen and oxygen atoms in total. The Hall–Kier alpha value is -2.06. The van der Waals surface area contributed by atoms with Crippen LogP contribution < -0.4 is 11.1 Å². The Morgan fingerprint density at radius 1 is 1.56 bits per heavy atom. The molecule has 0 aliphatic rings. The van der Waals surface area contributed by atoms with E-state index in [1.807, 2.05) is 18.2 Å². The van der Waals surface area contributed by atoms with Crippen molar-refractivity contribution in [2.45, 2.75) is 6.54 Å². The molecule has 0 saturated heterocycles. The molecule has 0 atom stereocenters. The molecule has 1 aromatic carbocycles. The van der Waals surface area contributed by atoms with Gasteiger partial charge in [0.25, 0.3) is 0 Å². The number of benzene rings is 1. The third-order valence-corrected chi connectivity index (χ3v) is 2.39. The summed E-state index contributed by atoms with van der Waals surface area (Å²) >= 11 is 0. The molecule has 0 spiro atoms. The highest BCUT2D eigenvalue weighted by Crippen LogP contribution is 2.13. The van der Waals surface area contributed by atoms with Gasteiger partial charge in [-0.05, 0) is 17.7 Å². The van der Waals surface area contributed by atoms with Crippen LogP contribution in [0.15, 0.2) is 27.4 Å². The third-order valence-electron chi connectivity index (χ3n) is 2.39. The number of aryl methyl sites for hydroxylation is 1. The second-order valence-electron chi connectivity index (χ2n) is 3.49. The summed E-state index contributed by atoms with van der Waals surface area (Å²) in [6.07, 6.45) is 0. The maximum Gasteiger partial charge on any atom is 0.419 e. The van der Waals surface area contributed by atoms with Crippen molar-refractivity contribution in [3.63, 3.8) is 0 Å². The van der Waals surface area contributed by atoms with Gasteiger partial charge in [0.2, 0.25) is 0 Å². The molecule has 0 bridgehead atoms. The monoisotopic (exact) mass is 217 g/mol. The highest BCUT2D eigenvalue weighted by atomic mass is 16.4. The maximum absolute atomic E-state index is 11.2. The lowest BCUT2D eigenvalue weighted by molar-refractivity contribution is 0.527. The molecule has 0 amide bonds. The van der Waals surface area contributed by atoms with Gasteiger partial charge in [0.05, 0.1) is 18.1 Å². The van der Waals surface area contributed by atoms with Crippen molar-refractivity contribution in [1.82, 2.24) is 9.88 Å². The highest BCUT2D eigenvalue weighted by Gasteiger charge is 2.05. The van der Waals surface area contributed by atoms with Crippen LogP contribution in [0.5, 0.6) is 0 Å². The lowest BCUT2D eigenvalue weighted by atomic mass is 10.2. The normalized spacial score (nSPS) is 10.5. The molecule has 0 saturated carbocycles. The quantitative estimate of drug-likeness (QED) is 0.608. The maximum atomic E-state index is 11.2. The van der Waals surface area contributed by atoms with Crippen LogP contribution in [0.25, 0.3) is 11.1 Å². The minimum atomic E-state index is -0.364. The van der Waals surface area contributed by atoms with E-state index in [1.54, 1.807) is 13.1 Å². The molecule has 82 valence electrons. The van der Waals surface area contributed by atoms with Crippen molar-refractivity contribution < 1.29 is 4.42 Å². The van der Waals surface area contributed by atoms with Crippen LogP contribution in [-0.4, -0.2) is 11.1 Å². The van der Waals surface area contributed by atoms with Gasteiger partial charge in [-0.1, -0.05) is 6.07 Å². The van der Waals surface area contributed by atoms with Gasteiger partial charge in [-0.2, -0.15) is 5.26 Å². The predicted octanol–water partition coefficient (Wildman–Crippen LogP) is 0.745. The first-order valence-electron chi connectivity index (χ1n) is 4.88. The van der Waals surface area contributed by atoms with Gasteiger partial charge in [-0.25, -0.2) is 4.79 Å². The summed E-state index contributed by atoms with van der Waals surface area (Å²) in [4.78, 5) is 11.2. The van der Waals surface area contributed by atoms with E-state index in [1.165, 1.54) is 4.57 Å². The minimum Gasteiger partial charge on any atom is -0.408 e. The summed E-state index contributed by atoms with van der Waals surface area (Å²) in [5.74, 6) is -0.364. The summed E-state index contributed by atoms with van der Waals surface area (Å²) in [5.41, 5.74) is 2.33. The van der Waals surface area contributed by atoms with Gasteiger partial charge < -0.3 is 9.73 Å². The van der Waals surface area contributed by atoms with Crippen molar-refractivity contribution in [3.05, 3.63) is 34.3 Å². The van der Waals surface area contributed by atoms with Gasteiger partial charge in [-0.15, -0.1) is 0 Å². The van der Waals surface area contributed by atoms with Crippen molar-refractivity contribution in [2.24, 2.45) is 7.05 Å². The molecular formula is C11H11N3O2. The molecule has 1 heterocycles. The molecule has 0 radical (unpaired) electrons. The molecular weight excluding hydrogens is 206 g/mol. The Kier molecular flexibility index (Phi) is 2.75. The van der Waals surface area contributed by atoms with Crippen LogP contribution in [0.2, 0.25) is 0 Å². The largest absolute Gasteiger partial charge is 0.419 e. The zero-order valence-electron chi connectivity index (χ0n) is 8.86. The van der Waals surface area contributed by atoms with E-state index < -0.39 is 0 Å². The van der Waals surface area contributed by atoms with Crippen LogP contribution in [-0.2, 0) is 13.6 Å². The molecule has 2 aromatic rings. The van der Waals surface area contributed by atoms with Gasteiger partial charge in [0.1, 0.15) is 0 Å². The molecule has 0 aliphatic heterocycles. The number of nitrogens with zero attached hydrogens (tertiary/aromatic N) is 2. The van der Waals surface area contributed by atoms with Gasteiger partial charge in [0, 0.05) is 13.6 Å². The molecule has 0 unspecified atom stereocenters. The average molecular weight is 217 g/mol. The number of hydrogen-bond acceptors (Lipinski definition) is 4. The van der Waals surface area contributed by atoms with E-state index >= 15 is 0 Å². The number of rotatable bonds is 3. The Bertz CT molecular complexity index is 604. The Balaban J connectivity index is 2.31. The predicted molar refractivity (Wildman–Crippen MR) is 58.8 cm³/mol. The second kappa shape index (κ2) is 4.21. The highest BCUT2D eigenvalue weighted by molar-refractivity contribution is 5.73. The lowest BCUT2D eigenvalue weighted by Crippen LogP contribution is -2.12. The molecule has 0 fully saturated rings. The topological polar surface area (TPSA) is 71.0 Å².